The molecule has 102 valence electrons. The highest BCUT2D eigenvalue weighted by molar-refractivity contribution is 9.10. The standard InChI is InChI=1S/C11H10BrClN2O3S/c12-9-6-7(19(13,16)17)5-8-10(9)18-14-11(8)15-3-1-2-4-15/h5-6H,1-4H2. The third-order valence-corrected chi connectivity index (χ3v) is 5.09. The molecule has 3 rings (SSSR count). The van der Waals surface area contributed by atoms with Crippen molar-refractivity contribution in [2.24, 2.45) is 0 Å². The molecule has 1 saturated heterocycles. The highest BCUT2D eigenvalue weighted by Gasteiger charge is 2.23. The summed E-state index contributed by atoms with van der Waals surface area (Å²) < 4.78 is 28.7. The smallest absolute Gasteiger partial charge is 0.261 e. The molecule has 0 spiro atoms. The number of anilines is 1. The van der Waals surface area contributed by atoms with Crippen LogP contribution in [-0.4, -0.2) is 26.7 Å². The zero-order chi connectivity index (χ0) is 13.6. The molecule has 19 heavy (non-hydrogen) atoms. The lowest BCUT2D eigenvalue weighted by Crippen LogP contribution is -2.18. The second-order valence-corrected chi connectivity index (χ2v) is 7.84. The van der Waals surface area contributed by atoms with Gasteiger partial charge in [0.1, 0.15) is 0 Å². The SMILES string of the molecule is O=S(=O)(Cl)c1cc(Br)c2onc(N3CCCC3)c2c1. The van der Waals surface area contributed by atoms with Crippen LogP contribution in [0.1, 0.15) is 12.8 Å². The van der Waals surface area contributed by atoms with Crippen LogP contribution in [0, 0.1) is 0 Å². The molecule has 0 amide bonds. The van der Waals surface area contributed by atoms with E-state index in [0.717, 1.165) is 25.9 Å². The molecule has 1 fully saturated rings. The maximum Gasteiger partial charge on any atom is 0.261 e. The molecule has 0 bridgehead atoms. The Hall–Kier alpha value is -0.790. The van der Waals surface area contributed by atoms with Gasteiger partial charge in [0.05, 0.1) is 14.8 Å². The van der Waals surface area contributed by atoms with E-state index in [1.54, 1.807) is 0 Å². The Morgan fingerprint density at radius 1 is 1.32 bits per heavy atom. The van der Waals surface area contributed by atoms with Crippen LogP contribution in [0.15, 0.2) is 26.0 Å². The Morgan fingerprint density at radius 3 is 2.63 bits per heavy atom. The van der Waals surface area contributed by atoms with Crippen LogP contribution in [0.2, 0.25) is 0 Å². The molecule has 0 unspecified atom stereocenters. The number of aromatic nitrogens is 1. The van der Waals surface area contributed by atoms with E-state index >= 15 is 0 Å². The topological polar surface area (TPSA) is 63.4 Å². The van der Waals surface area contributed by atoms with Gasteiger partial charge in [-0.25, -0.2) is 8.42 Å². The van der Waals surface area contributed by atoms with E-state index in [1.807, 2.05) is 0 Å². The van der Waals surface area contributed by atoms with Crippen LogP contribution in [0.5, 0.6) is 0 Å². The summed E-state index contributed by atoms with van der Waals surface area (Å²) in [6.45, 7) is 1.80. The molecule has 0 aliphatic carbocycles. The van der Waals surface area contributed by atoms with E-state index in [9.17, 15) is 8.42 Å². The fourth-order valence-corrected chi connectivity index (χ4v) is 3.73. The first-order valence-electron chi connectivity index (χ1n) is 5.75. The summed E-state index contributed by atoms with van der Waals surface area (Å²) in [6, 6.07) is 2.93. The first-order chi connectivity index (χ1) is 8.97. The normalized spacial score (nSPS) is 16.4. The average molecular weight is 366 g/mol. The van der Waals surface area contributed by atoms with Crippen molar-refractivity contribution in [3.63, 3.8) is 0 Å². The zero-order valence-electron chi connectivity index (χ0n) is 9.77. The molecule has 1 aliphatic heterocycles. The van der Waals surface area contributed by atoms with Gasteiger partial charge in [-0.15, -0.1) is 0 Å². The summed E-state index contributed by atoms with van der Waals surface area (Å²) >= 11 is 3.29. The minimum absolute atomic E-state index is 0.0391. The van der Waals surface area contributed by atoms with Crippen molar-refractivity contribution < 1.29 is 12.9 Å². The summed E-state index contributed by atoms with van der Waals surface area (Å²) in [5, 5.41) is 4.71. The van der Waals surface area contributed by atoms with Gasteiger partial charge in [0.2, 0.25) is 0 Å². The number of hydrogen-bond acceptors (Lipinski definition) is 5. The van der Waals surface area contributed by atoms with Gasteiger partial charge in [-0.3, -0.25) is 0 Å². The van der Waals surface area contributed by atoms with Crippen molar-refractivity contribution in [2.45, 2.75) is 17.7 Å². The Balaban J connectivity index is 2.23. The monoisotopic (exact) mass is 364 g/mol. The maximum atomic E-state index is 11.5. The van der Waals surface area contributed by atoms with Crippen molar-refractivity contribution in [2.75, 3.05) is 18.0 Å². The molecule has 0 radical (unpaired) electrons. The summed E-state index contributed by atoms with van der Waals surface area (Å²) in [4.78, 5) is 2.13. The minimum Gasteiger partial charge on any atom is -0.353 e. The zero-order valence-corrected chi connectivity index (χ0v) is 12.9. The number of rotatable bonds is 2. The van der Waals surface area contributed by atoms with Crippen LogP contribution in [0.3, 0.4) is 0 Å². The fourth-order valence-electron chi connectivity index (χ4n) is 2.26. The maximum absolute atomic E-state index is 11.5. The van der Waals surface area contributed by atoms with Crippen molar-refractivity contribution >= 4 is 52.5 Å². The third kappa shape index (κ3) is 2.34. The van der Waals surface area contributed by atoms with Gasteiger partial charge >= 0.3 is 0 Å². The predicted molar refractivity (Wildman–Crippen MR) is 76.2 cm³/mol. The van der Waals surface area contributed by atoms with Gasteiger partial charge in [0, 0.05) is 23.8 Å². The first-order valence-corrected chi connectivity index (χ1v) is 8.85. The molecule has 1 aliphatic rings. The molecule has 0 saturated carbocycles. The van der Waals surface area contributed by atoms with Crippen LogP contribution in [0.25, 0.3) is 11.0 Å². The van der Waals surface area contributed by atoms with Crippen molar-refractivity contribution in [3.05, 3.63) is 16.6 Å². The number of halogens is 2. The summed E-state index contributed by atoms with van der Waals surface area (Å²) in [7, 11) is 1.62. The van der Waals surface area contributed by atoms with Gasteiger partial charge in [-0.1, -0.05) is 5.16 Å². The van der Waals surface area contributed by atoms with Gasteiger partial charge in [-0.05, 0) is 40.9 Å². The Kier molecular flexibility index (Phi) is 3.23. The lowest BCUT2D eigenvalue weighted by molar-refractivity contribution is 0.455. The van der Waals surface area contributed by atoms with E-state index in [2.05, 4.69) is 26.0 Å². The molecular formula is C11H10BrClN2O3S. The highest BCUT2D eigenvalue weighted by Crippen LogP contribution is 2.35. The average Bonchev–Trinajstić information content (AvgIpc) is 2.94. The van der Waals surface area contributed by atoms with Gasteiger partial charge in [0.25, 0.3) is 9.05 Å². The summed E-state index contributed by atoms with van der Waals surface area (Å²) in [5.74, 6) is 0.676. The molecular weight excluding hydrogens is 356 g/mol. The molecule has 1 aromatic carbocycles. The van der Waals surface area contributed by atoms with E-state index < -0.39 is 9.05 Å². The molecule has 0 atom stereocenters. The van der Waals surface area contributed by atoms with Gasteiger partial charge < -0.3 is 9.42 Å². The molecule has 8 heteroatoms. The number of nitrogens with zero attached hydrogens (tertiary/aromatic N) is 2. The lowest BCUT2D eigenvalue weighted by Gasteiger charge is -2.13. The Labute approximate surface area is 123 Å². The van der Waals surface area contributed by atoms with Crippen molar-refractivity contribution in [3.8, 4) is 0 Å². The second kappa shape index (κ2) is 4.64. The molecule has 5 nitrogen and oxygen atoms in total. The molecule has 2 aromatic rings. The molecule has 1 aromatic heterocycles. The van der Waals surface area contributed by atoms with Crippen LogP contribution >= 0.6 is 26.6 Å². The lowest BCUT2D eigenvalue weighted by atomic mass is 10.2. The van der Waals surface area contributed by atoms with E-state index in [-0.39, 0.29) is 4.90 Å². The van der Waals surface area contributed by atoms with Gasteiger partial charge in [0.15, 0.2) is 11.4 Å². The number of fused-ring (bicyclic) bond motifs is 1. The van der Waals surface area contributed by atoms with Gasteiger partial charge in [-0.2, -0.15) is 0 Å². The van der Waals surface area contributed by atoms with Crippen LogP contribution in [0.4, 0.5) is 5.82 Å². The fraction of sp³-hybridized carbons (Fsp3) is 0.364. The summed E-state index contributed by atoms with van der Waals surface area (Å²) in [6.07, 6.45) is 2.20. The van der Waals surface area contributed by atoms with E-state index in [1.165, 1.54) is 12.1 Å². The minimum atomic E-state index is -3.78. The summed E-state index contributed by atoms with van der Waals surface area (Å²) in [5.41, 5.74) is 0.533. The highest BCUT2D eigenvalue weighted by atomic mass is 79.9. The number of hydrogen-bond donors (Lipinski definition) is 0. The van der Waals surface area contributed by atoms with E-state index in [4.69, 9.17) is 15.2 Å². The molecule has 2 heterocycles. The van der Waals surface area contributed by atoms with E-state index in [0.29, 0.717) is 21.3 Å². The molecule has 0 N–H and O–H groups in total. The first kappa shape index (κ1) is 13.2. The van der Waals surface area contributed by atoms with Crippen molar-refractivity contribution in [1.82, 2.24) is 5.16 Å². The van der Waals surface area contributed by atoms with Crippen LogP contribution < -0.4 is 4.90 Å². The van der Waals surface area contributed by atoms with Crippen LogP contribution in [-0.2, 0) is 9.05 Å². The Morgan fingerprint density at radius 2 is 2.00 bits per heavy atom. The second-order valence-electron chi connectivity index (χ2n) is 4.42. The number of benzene rings is 1. The van der Waals surface area contributed by atoms with Crippen molar-refractivity contribution in [1.29, 1.82) is 0 Å². The predicted octanol–water partition coefficient (Wildman–Crippen LogP) is 3.12. The largest absolute Gasteiger partial charge is 0.353 e. The quantitative estimate of drug-likeness (QED) is 0.765. The third-order valence-electron chi connectivity index (χ3n) is 3.17. The Bertz CT molecular complexity index is 738.